The second kappa shape index (κ2) is 8.33. The topological polar surface area (TPSA) is 111 Å². The Balaban J connectivity index is 2.05. The normalized spacial score (nSPS) is 15.5. The molecule has 1 saturated carbocycles. The highest BCUT2D eigenvalue weighted by molar-refractivity contribution is 7.89. The quantitative estimate of drug-likeness (QED) is 0.509. The molecule has 26 heavy (non-hydrogen) atoms. The molecule has 1 aliphatic carbocycles. The minimum Gasteiger partial charge on any atom is -0.495 e. The lowest BCUT2D eigenvalue weighted by atomic mass is 10.2. The van der Waals surface area contributed by atoms with Crippen LogP contribution in [-0.2, 0) is 24.3 Å². The van der Waals surface area contributed by atoms with E-state index >= 15 is 0 Å². The second-order valence-electron chi connectivity index (χ2n) is 5.81. The van der Waals surface area contributed by atoms with Gasteiger partial charge in [0.1, 0.15) is 10.6 Å². The third-order valence-electron chi connectivity index (χ3n) is 3.74. The number of hydrogen-bond donors (Lipinski definition) is 2. The number of benzene rings is 1. The molecule has 0 unspecified atom stereocenters. The van der Waals surface area contributed by atoms with Crippen molar-refractivity contribution < 1.29 is 27.5 Å². The summed E-state index contributed by atoms with van der Waals surface area (Å²) in [5.74, 6) is -0.845. The van der Waals surface area contributed by atoms with Crippen LogP contribution in [0.1, 0.15) is 25.3 Å². The van der Waals surface area contributed by atoms with Crippen molar-refractivity contribution in [1.82, 2.24) is 10.0 Å². The fourth-order valence-electron chi connectivity index (χ4n) is 2.09. The molecule has 8 nitrogen and oxygen atoms in total. The first kappa shape index (κ1) is 19.9. The van der Waals surface area contributed by atoms with Crippen molar-refractivity contribution in [3.8, 4) is 5.75 Å². The number of hydrogen-bond acceptors (Lipinski definition) is 6. The lowest BCUT2D eigenvalue weighted by molar-refractivity contribution is -0.150. The van der Waals surface area contributed by atoms with E-state index in [-0.39, 0.29) is 22.6 Å². The molecule has 1 aliphatic rings. The number of esters is 1. The third-order valence-corrected chi connectivity index (χ3v) is 5.18. The van der Waals surface area contributed by atoms with Crippen molar-refractivity contribution >= 4 is 28.0 Å². The summed E-state index contributed by atoms with van der Waals surface area (Å²) in [5.41, 5.74) is 0.465. The van der Waals surface area contributed by atoms with Crippen molar-refractivity contribution in [1.29, 1.82) is 0 Å². The van der Waals surface area contributed by atoms with Gasteiger partial charge in [0.25, 0.3) is 5.91 Å². The van der Waals surface area contributed by atoms with E-state index in [1.54, 1.807) is 6.07 Å². The first-order valence-corrected chi connectivity index (χ1v) is 9.56. The third kappa shape index (κ3) is 5.30. The van der Waals surface area contributed by atoms with E-state index in [0.717, 1.165) is 18.9 Å². The van der Waals surface area contributed by atoms with Crippen molar-refractivity contribution in [2.45, 2.75) is 36.8 Å². The van der Waals surface area contributed by atoms with Crippen LogP contribution in [0.5, 0.6) is 5.75 Å². The van der Waals surface area contributed by atoms with Crippen LogP contribution >= 0.6 is 0 Å². The zero-order valence-electron chi connectivity index (χ0n) is 14.8. The maximum atomic E-state index is 12.0. The lowest BCUT2D eigenvalue weighted by Gasteiger charge is -2.11. The summed E-state index contributed by atoms with van der Waals surface area (Å²) < 4.78 is 36.4. The number of rotatable bonds is 8. The van der Waals surface area contributed by atoms with Gasteiger partial charge in [0.05, 0.1) is 7.11 Å². The van der Waals surface area contributed by atoms with E-state index < -0.39 is 22.1 Å². The fraction of sp³-hybridized carbons (Fsp3) is 0.412. The number of ether oxygens (including phenoxy) is 2. The maximum absolute atomic E-state index is 12.0. The molecule has 2 N–H and O–H groups in total. The van der Waals surface area contributed by atoms with Crippen LogP contribution in [0.25, 0.3) is 6.08 Å². The van der Waals surface area contributed by atoms with Gasteiger partial charge in [-0.1, -0.05) is 6.07 Å². The first-order valence-electron chi connectivity index (χ1n) is 8.07. The summed E-state index contributed by atoms with van der Waals surface area (Å²) in [6, 6.07) is 4.64. The average Bonchev–Trinajstić information content (AvgIpc) is 3.43. The summed E-state index contributed by atoms with van der Waals surface area (Å²) in [4.78, 5) is 23.6. The minimum atomic E-state index is -3.72. The number of carbonyl (C=O) groups is 2. The average molecular weight is 382 g/mol. The number of amides is 1. The number of sulfonamides is 1. The molecule has 1 amide bonds. The molecular formula is C17H22N2O6S. The molecular weight excluding hydrogens is 360 g/mol. The Labute approximate surface area is 152 Å². The Bertz CT molecular complexity index is 815. The molecule has 0 heterocycles. The van der Waals surface area contributed by atoms with Gasteiger partial charge in [-0.2, -0.15) is 0 Å². The van der Waals surface area contributed by atoms with E-state index in [4.69, 9.17) is 9.47 Å². The largest absolute Gasteiger partial charge is 0.495 e. The van der Waals surface area contributed by atoms with Crippen LogP contribution in [0.2, 0.25) is 0 Å². The molecule has 1 aromatic carbocycles. The predicted molar refractivity (Wildman–Crippen MR) is 95.0 cm³/mol. The highest BCUT2D eigenvalue weighted by Crippen LogP contribution is 2.25. The molecule has 0 aliphatic heterocycles. The molecule has 0 saturated heterocycles. The highest BCUT2D eigenvalue weighted by Gasteiger charge is 2.26. The molecule has 0 bridgehead atoms. The monoisotopic (exact) mass is 382 g/mol. The maximum Gasteiger partial charge on any atom is 0.331 e. The van der Waals surface area contributed by atoms with Gasteiger partial charge in [-0.15, -0.1) is 0 Å². The molecule has 1 aromatic rings. The van der Waals surface area contributed by atoms with Gasteiger partial charge in [0, 0.05) is 12.1 Å². The van der Waals surface area contributed by atoms with Gasteiger partial charge in [-0.25, -0.2) is 17.9 Å². The van der Waals surface area contributed by atoms with Crippen LogP contribution < -0.4 is 14.8 Å². The predicted octanol–water partition coefficient (Wildman–Crippen LogP) is 0.827. The number of nitrogens with one attached hydrogen (secondary N) is 2. The van der Waals surface area contributed by atoms with Crippen LogP contribution in [0.3, 0.4) is 0 Å². The molecule has 0 spiro atoms. The lowest BCUT2D eigenvalue weighted by Crippen LogP contribution is -2.36. The SMILES string of the molecule is CNS(=O)(=O)c1cc(/C=C/C(=O)O[C@H](C)C(=O)NC2CC2)ccc1OC. The molecule has 2 rings (SSSR count). The molecule has 1 atom stereocenters. The van der Waals surface area contributed by atoms with Gasteiger partial charge in [-0.05, 0) is 50.6 Å². The van der Waals surface area contributed by atoms with E-state index in [1.807, 2.05) is 0 Å². The Morgan fingerprint density at radius 1 is 1.31 bits per heavy atom. The Morgan fingerprint density at radius 2 is 2.00 bits per heavy atom. The summed E-state index contributed by atoms with van der Waals surface area (Å²) in [5, 5.41) is 2.75. The fourth-order valence-corrected chi connectivity index (χ4v) is 3.02. The Hall–Kier alpha value is -2.39. The Kier molecular flexibility index (Phi) is 6.38. The molecule has 0 aromatic heterocycles. The van der Waals surface area contributed by atoms with Crippen LogP contribution in [-0.4, -0.2) is 46.6 Å². The Morgan fingerprint density at radius 3 is 2.58 bits per heavy atom. The minimum absolute atomic E-state index is 0.0461. The van der Waals surface area contributed by atoms with Gasteiger partial charge < -0.3 is 14.8 Å². The molecule has 0 radical (unpaired) electrons. The number of carbonyl (C=O) groups excluding carboxylic acids is 2. The van der Waals surface area contributed by atoms with E-state index in [0.29, 0.717) is 5.56 Å². The number of methoxy groups -OCH3 is 1. The van der Waals surface area contributed by atoms with Crippen LogP contribution in [0.4, 0.5) is 0 Å². The summed E-state index contributed by atoms with van der Waals surface area (Å²) >= 11 is 0. The zero-order chi connectivity index (χ0) is 19.3. The van der Waals surface area contributed by atoms with Gasteiger partial charge in [0.15, 0.2) is 6.10 Å². The van der Waals surface area contributed by atoms with Gasteiger partial charge >= 0.3 is 5.97 Å². The van der Waals surface area contributed by atoms with E-state index in [9.17, 15) is 18.0 Å². The smallest absolute Gasteiger partial charge is 0.331 e. The van der Waals surface area contributed by atoms with Crippen molar-refractivity contribution in [2.75, 3.05) is 14.2 Å². The van der Waals surface area contributed by atoms with Crippen LogP contribution in [0, 0.1) is 0 Å². The first-order chi connectivity index (χ1) is 12.3. The molecule has 142 valence electrons. The molecule has 1 fully saturated rings. The van der Waals surface area contributed by atoms with Crippen molar-refractivity contribution in [3.05, 3.63) is 29.8 Å². The standard InChI is InChI=1S/C17H22N2O6S/c1-11(17(21)19-13-6-7-13)25-16(20)9-5-12-4-8-14(24-3)15(10-12)26(22,23)18-2/h4-5,8-11,13,18H,6-7H2,1-3H3,(H,19,21)/b9-5+/t11-/m1/s1. The van der Waals surface area contributed by atoms with Crippen molar-refractivity contribution in [2.24, 2.45) is 0 Å². The van der Waals surface area contributed by atoms with E-state index in [1.165, 1.54) is 39.3 Å². The molecule has 9 heteroatoms. The summed E-state index contributed by atoms with van der Waals surface area (Å²) in [6.07, 6.45) is 3.54. The van der Waals surface area contributed by atoms with Crippen molar-refractivity contribution in [3.63, 3.8) is 0 Å². The zero-order valence-corrected chi connectivity index (χ0v) is 15.6. The van der Waals surface area contributed by atoms with Gasteiger partial charge in [-0.3, -0.25) is 4.79 Å². The highest BCUT2D eigenvalue weighted by atomic mass is 32.2. The van der Waals surface area contributed by atoms with Gasteiger partial charge in [0.2, 0.25) is 10.0 Å². The summed E-state index contributed by atoms with van der Waals surface area (Å²) in [7, 11) is -1.06. The van der Waals surface area contributed by atoms with Crippen LogP contribution in [0.15, 0.2) is 29.2 Å². The second-order valence-corrected chi connectivity index (χ2v) is 7.67. The summed E-state index contributed by atoms with van der Waals surface area (Å²) in [6.45, 7) is 1.49. The van der Waals surface area contributed by atoms with E-state index in [2.05, 4.69) is 10.0 Å².